The average Bonchev–Trinajstić information content (AvgIpc) is 3.11. The topological polar surface area (TPSA) is 68.0 Å². The van der Waals surface area contributed by atoms with Crippen LogP contribution >= 0.6 is 11.8 Å². The van der Waals surface area contributed by atoms with Crippen LogP contribution in [0.4, 0.5) is 5.69 Å². The maximum atomic E-state index is 12.3. The van der Waals surface area contributed by atoms with Crippen LogP contribution < -0.4 is 5.32 Å². The van der Waals surface area contributed by atoms with Gasteiger partial charge in [0.1, 0.15) is 0 Å². The van der Waals surface area contributed by atoms with Crippen molar-refractivity contribution in [2.75, 3.05) is 11.1 Å². The van der Waals surface area contributed by atoms with Gasteiger partial charge in [-0.1, -0.05) is 49.9 Å². The second-order valence-electron chi connectivity index (χ2n) is 6.75. The molecule has 5 nitrogen and oxygen atoms in total. The van der Waals surface area contributed by atoms with Gasteiger partial charge in [-0.15, -0.1) is 10.2 Å². The summed E-state index contributed by atoms with van der Waals surface area (Å²) in [5, 5.41) is 11.5. The predicted octanol–water partition coefficient (Wildman–Crippen LogP) is 5.21. The molecule has 0 fully saturated rings. The summed E-state index contributed by atoms with van der Waals surface area (Å²) in [5.74, 6) is 0.914. The van der Waals surface area contributed by atoms with E-state index in [1.54, 1.807) is 0 Å². The lowest BCUT2D eigenvalue weighted by molar-refractivity contribution is -0.113. The van der Waals surface area contributed by atoms with Gasteiger partial charge in [0.05, 0.1) is 5.75 Å². The van der Waals surface area contributed by atoms with Crippen LogP contribution in [-0.2, 0) is 4.79 Å². The fourth-order valence-corrected chi connectivity index (χ4v) is 3.25. The molecular formula is C21H23N3O2S. The smallest absolute Gasteiger partial charge is 0.277 e. The van der Waals surface area contributed by atoms with Gasteiger partial charge in [0.2, 0.25) is 11.8 Å². The van der Waals surface area contributed by atoms with E-state index >= 15 is 0 Å². The van der Waals surface area contributed by atoms with E-state index in [9.17, 15) is 4.79 Å². The van der Waals surface area contributed by atoms with E-state index in [1.165, 1.54) is 22.9 Å². The maximum Gasteiger partial charge on any atom is 0.277 e. The fourth-order valence-electron chi connectivity index (χ4n) is 2.69. The molecule has 1 amide bonds. The molecule has 2 aromatic carbocycles. The van der Waals surface area contributed by atoms with Crippen molar-refractivity contribution in [3.63, 3.8) is 0 Å². The third-order valence-electron chi connectivity index (χ3n) is 4.34. The molecule has 0 atom stereocenters. The highest BCUT2D eigenvalue weighted by atomic mass is 32.2. The molecule has 0 aliphatic heterocycles. The van der Waals surface area contributed by atoms with Crippen LogP contribution in [0.3, 0.4) is 0 Å². The SMILES string of the molecule is Cc1ccc(-c2nnc(SCC(=O)Nc3ccccc3C(C)C)o2)cc1C. The molecule has 1 aromatic heterocycles. The number of carbonyl (C=O) groups is 1. The Bertz CT molecular complexity index is 950. The van der Waals surface area contributed by atoms with E-state index in [0.717, 1.165) is 16.8 Å². The fraction of sp³-hybridized carbons (Fsp3) is 0.286. The molecular weight excluding hydrogens is 358 g/mol. The predicted molar refractivity (Wildman–Crippen MR) is 109 cm³/mol. The number of anilines is 1. The van der Waals surface area contributed by atoms with Gasteiger partial charge < -0.3 is 9.73 Å². The number of carbonyl (C=O) groups excluding carboxylic acids is 1. The average molecular weight is 382 g/mol. The molecule has 0 aliphatic rings. The largest absolute Gasteiger partial charge is 0.411 e. The quantitative estimate of drug-likeness (QED) is 0.594. The highest BCUT2D eigenvalue weighted by Crippen LogP contribution is 2.26. The molecule has 0 radical (unpaired) electrons. The second-order valence-corrected chi connectivity index (χ2v) is 7.68. The van der Waals surface area contributed by atoms with Crippen LogP contribution in [0.5, 0.6) is 0 Å². The van der Waals surface area contributed by atoms with Crippen LogP contribution in [0.2, 0.25) is 0 Å². The van der Waals surface area contributed by atoms with E-state index in [4.69, 9.17) is 4.42 Å². The minimum absolute atomic E-state index is 0.0981. The summed E-state index contributed by atoms with van der Waals surface area (Å²) < 4.78 is 5.69. The summed E-state index contributed by atoms with van der Waals surface area (Å²) in [6.07, 6.45) is 0. The first-order chi connectivity index (χ1) is 12.9. The number of amides is 1. The zero-order valence-electron chi connectivity index (χ0n) is 15.9. The molecule has 3 aromatic rings. The summed E-state index contributed by atoms with van der Waals surface area (Å²) in [5.41, 5.74) is 5.23. The number of hydrogen-bond donors (Lipinski definition) is 1. The normalized spacial score (nSPS) is 11.0. The molecule has 3 rings (SSSR count). The first-order valence-corrected chi connectivity index (χ1v) is 9.85. The van der Waals surface area contributed by atoms with Crippen LogP contribution in [0.25, 0.3) is 11.5 Å². The molecule has 0 saturated carbocycles. The van der Waals surface area contributed by atoms with Crippen LogP contribution in [0, 0.1) is 13.8 Å². The Morgan fingerprint density at radius 2 is 1.89 bits per heavy atom. The van der Waals surface area contributed by atoms with Gasteiger partial charge in [0, 0.05) is 11.3 Å². The highest BCUT2D eigenvalue weighted by molar-refractivity contribution is 7.99. The van der Waals surface area contributed by atoms with E-state index in [0.29, 0.717) is 17.0 Å². The lowest BCUT2D eigenvalue weighted by Crippen LogP contribution is -2.15. The molecule has 1 heterocycles. The number of para-hydroxylation sites is 1. The number of nitrogens with zero attached hydrogens (tertiary/aromatic N) is 2. The van der Waals surface area contributed by atoms with Gasteiger partial charge in [-0.2, -0.15) is 0 Å². The Morgan fingerprint density at radius 3 is 2.63 bits per heavy atom. The number of benzene rings is 2. The molecule has 0 spiro atoms. The Balaban J connectivity index is 1.62. The number of aryl methyl sites for hydroxylation is 2. The van der Waals surface area contributed by atoms with Crippen molar-refractivity contribution in [2.24, 2.45) is 0 Å². The number of rotatable bonds is 6. The van der Waals surface area contributed by atoms with Crippen molar-refractivity contribution in [1.82, 2.24) is 10.2 Å². The van der Waals surface area contributed by atoms with Crippen LogP contribution in [0.15, 0.2) is 52.1 Å². The van der Waals surface area contributed by atoms with E-state index in [-0.39, 0.29) is 11.7 Å². The van der Waals surface area contributed by atoms with Crippen LogP contribution in [0.1, 0.15) is 36.5 Å². The van der Waals surface area contributed by atoms with Gasteiger partial charge in [-0.3, -0.25) is 4.79 Å². The van der Waals surface area contributed by atoms with Gasteiger partial charge in [-0.05, 0) is 54.7 Å². The van der Waals surface area contributed by atoms with Crippen LogP contribution in [-0.4, -0.2) is 21.9 Å². The molecule has 27 heavy (non-hydrogen) atoms. The van der Waals surface area contributed by atoms with E-state index in [2.05, 4.69) is 36.3 Å². The van der Waals surface area contributed by atoms with Crippen molar-refractivity contribution in [2.45, 2.75) is 38.8 Å². The number of nitrogens with one attached hydrogen (secondary N) is 1. The first-order valence-electron chi connectivity index (χ1n) is 8.86. The van der Waals surface area contributed by atoms with Gasteiger partial charge in [0.15, 0.2) is 0 Å². The molecule has 0 saturated heterocycles. The van der Waals surface area contributed by atoms with Gasteiger partial charge in [-0.25, -0.2) is 0 Å². The molecule has 6 heteroatoms. The molecule has 1 N–H and O–H groups in total. The zero-order chi connectivity index (χ0) is 19.4. The first kappa shape index (κ1) is 19.2. The number of hydrogen-bond acceptors (Lipinski definition) is 5. The van der Waals surface area contributed by atoms with Crippen molar-refractivity contribution >= 4 is 23.4 Å². The minimum atomic E-state index is -0.0981. The number of thioether (sulfide) groups is 1. The monoisotopic (exact) mass is 381 g/mol. The third-order valence-corrected chi connectivity index (χ3v) is 5.16. The highest BCUT2D eigenvalue weighted by Gasteiger charge is 2.13. The Kier molecular flexibility index (Phi) is 5.96. The minimum Gasteiger partial charge on any atom is -0.411 e. The summed E-state index contributed by atoms with van der Waals surface area (Å²) in [4.78, 5) is 12.3. The van der Waals surface area contributed by atoms with E-state index in [1.807, 2.05) is 49.4 Å². The Labute approximate surface area is 163 Å². The molecule has 140 valence electrons. The molecule has 0 aliphatic carbocycles. The lowest BCUT2D eigenvalue weighted by atomic mass is 10.0. The summed E-state index contributed by atoms with van der Waals surface area (Å²) in [7, 11) is 0. The van der Waals surface area contributed by atoms with Crippen molar-refractivity contribution in [3.05, 3.63) is 59.2 Å². The van der Waals surface area contributed by atoms with Gasteiger partial charge >= 0.3 is 0 Å². The summed E-state index contributed by atoms with van der Waals surface area (Å²) >= 11 is 1.23. The van der Waals surface area contributed by atoms with E-state index < -0.39 is 0 Å². The van der Waals surface area contributed by atoms with Crippen molar-refractivity contribution in [3.8, 4) is 11.5 Å². The zero-order valence-corrected chi connectivity index (χ0v) is 16.8. The Morgan fingerprint density at radius 1 is 1.11 bits per heavy atom. The lowest BCUT2D eigenvalue weighted by Gasteiger charge is -2.13. The maximum absolute atomic E-state index is 12.3. The summed E-state index contributed by atoms with van der Waals surface area (Å²) in [6, 6.07) is 13.9. The summed E-state index contributed by atoms with van der Waals surface area (Å²) in [6.45, 7) is 8.31. The number of aromatic nitrogens is 2. The standard InChI is InChI=1S/C21H23N3O2S/c1-13(2)17-7-5-6-8-18(17)22-19(25)12-27-21-24-23-20(26-21)16-10-9-14(3)15(4)11-16/h5-11,13H,12H2,1-4H3,(H,22,25). The third kappa shape index (κ3) is 4.77. The van der Waals surface area contributed by atoms with Crippen molar-refractivity contribution in [1.29, 1.82) is 0 Å². The Hall–Kier alpha value is -2.60. The second kappa shape index (κ2) is 8.39. The van der Waals surface area contributed by atoms with Crippen molar-refractivity contribution < 1.29 is 9.21 Å². The molecule has 0 bridgehead atoms. The molecule has 0 unspecified atom stereocenters. The van der Waals surface area contributed by atoms with Gasteiger partial charge in [0.25, 0.3) is 5.22 Å².